The molecule has 4 heteroatoms. The van der Waals surface area contributed by atoms with E-state index in [4.69, 9.17) is 0 Å². The fraction of sp³-hybridized carbons (Fsp3) is 0.429. The molecule has 1 aromatic rings. The van der Waals surface area contributed by atoms with E-state index in [1.165, 1.54) is 0 Å². The maximum Gasteiger partial charge on any atom is 0.256 e. The molecule has 1 aromatic carbocycles. The lowest BCUT2D eigenvalue weighted by atomic mass is 9.98. The highest BCUT2D eigenvalue weighted by molar-refractivity contribution is 9.18. The monoisotopic (exact) mass is 306 g/mol. The smallest absolute Gasteiger partial charge is 0.256 e. The maximum atomic E-state index is 12.5. The number of carbonyl (C=O) groups excluding carboxylic acids is 1. The van der Waals surface area contributed by atoms with Crippen LogP contribution in [0.5, 0.6) is 0 Å². The fourth-order valence-electron chi connectivity index (χ4n) is 2.81. The number of rotatable bonds is 2. The van der Waals surface area contributed by atoms with Gasteiger partial charge in [-0.2, -0.15) is 0 Å². The van der Waals surface area contributed by atoms with Crippen LogP contribution in [0.2, 0.25) is 0 Å². The molecule has 1 aliphatic carbocycles. The Bertz CT molecular complexity index is 492. The number of hydrogen-bond donors (Lipinski definition) is 0. The molecule has 1 aliphatic heterocycles. The van der Waals surface area contributed by atoms with E-state index in [9.17, 15) is 4.79 Å². The zero-order valence-electron chi connectivity index (χ0n) is 10.1. The van der Waals surface area contributed by atoms with Crippen LogP contribution in [0.4, 0.5) is 0 Å². The average Bonchev–Trinajstić information content (AvgIpc) is 2.93. The van der Waals surface area contributed by atoms with Gasteiger partial charge in [-0.3, -0.25) is 9.69 Å². The van der Waals surface area contributed by atoms with Crippen molar-refractivity contribution in [3.8, 4) is 0 Å². The number of benzene rings is 1. The van der Waals surface area contributed by atoms with Gasteiger partial charge in [-0.05, 0) is 34.3 Å². The molecule has 18 heavy (non-hydrogen) atoms. The summed E-state index contributed by atoms with van der Waals surface area (Å²) < 4.78 is 0.693. The molecule has 1 fully saturated rings. The predicted molar refractivity (Wildman–Crippen MR) is 74.6 cm³/mol. The molecule has 94 valence electrons. The topological polar surface area (TPSA) is 32.7 Å². The number of amidine groups is 1. The van der Waals surface area contributed by atoms with Crippen LogP contribution in [0.3, 0.4) is 0 Å². The first-order chi connectivity index (χ1) is 8.71. The average molecular weight is 307 g/mol. The van der Waals surface area contributed by atoms with Crippen LogP contribution in [0, 0.1) is 0 Å². The molecule has 1 amide bonds. The molecule has 0 N–H and O–H groups in total. The number of aliphatic imine (C=N–C) groups is 1. The Labute approximate surface area is 115 Å². The first-order valence-electron chi connectivity index (χ1n) is 6.33. The van der Waals surface area contributed by atoms with Crippen molar-refractivity contribution in [2.45, 2.75) is 37.8 Å². The van der Waals surface area contributed by atoms with E-state index in [-0.39, 0.29) is 5.91 Å². The van der Waals surface area contributed by atoms with Crippen molar-refractivity contribution in [3.63, 3.8) is 0 Å². The van der Waals surface area contributed by atoms with Crippen LogP contribution in [0.25, 0.3) is 0 Å². The van der Waals surface area contributed by atoms with Gasteiger partial charge in [0.2, 0.25) is 0 Å². The summed E-state index contributed by atoms with van der Waals surface area (Å²) in [6, 6.07) is 10.0. The van der Waals surface area contributed by atoms with Crippen LogP contribution >= 0.6 is 15.9 Å². The van der Waals surface area contributed by atoms with Crippen LogP contribution < -0.4 is 0 Å². The zero-order valence-corrected chi connectivity index (χ0v) is 11.7. The van der Waals surface area contributed by atoms with Crippen molar-refractivity contribution >= 4 is 26.6 Å². The molecule has 0 unspecified atom stereocenters. The molecule has 1 spiro atoms. The number of hydrogen-bond acceptors (Lipinski definition) is 2. The molecule has 0 radical (unpaired) electrons. The largest absolute Gasteiger partial charge is 0.285 e. The molecule has 1 saturated carbocycles. The summed E-state index contributed by atoms with van der Waals surface area (Å²) in [6.45, 7) is 0.603. The van der Waals surface area contributed by atoms with E-state index in [0.29, 0.717) is 11.3 Å². The standard InChI is InChI=1S/C14H15BrN2O/c15-13-16-14(8-4-5-9-14)12(18)17(13)10-11-6-2-1-3-7-11/h1-3,6-7H,4-5,8-10H2. The third kappa shape index (κ3) is 1.88. The molecule has 3 nitrogen and oxygen atoms in total. The van der Waals surface area contributed by atoms with Gasteiger partial charge in [-0.15, -0.1) is 0 Å². The van der Waals surface area contributed by atoms with Gasteiger partial charge in [0.15, 0.2) is 4.74 Å². The van der Waals surface area contributed by atoms with Crippen LogP contribution in [-0.4, -0.2) is 21.1 Å². The lowest BCUT2D eigenvalue weighted by molar-refractivity contribution is -0.131. The number of nitrogens with zero attached hydrogens (tertiary/aromatic N) is 2. The normalized spacial score (nSPS) is 21.7. The third-order valence-corrected chi connectivity index (χ3v) is 4.39. The predicted octanol–water partition coefficient (Wildman–Crippen LogP) is 3.09. The number of amides is 1. The summed E-state index contributed by atoms with van der Waals surface area (Å²) in [6.07, 6.45) is 4.00. The van der Waals surface area contributed by atoms with Gasteiger partial charge >= 0.3 is 0 Å². The summed E-state index contributed by atoms with van der Waals surface area (Å²) in [5, 5.41) is 0. The lowest BCUT2D eigenvalue weighted by Gasteiger charge is -2.21. The molecule has 0 saturated heterocycles. The van der Waals surface area contributed by atoms with Gasteiger partial charge in [0, 0.05) is 0 Å². The zero-order chi connectivity index (χ0) is 12.6. The fourth-order valence-corrected chi connectivity index (χ4v) is 3.43. The van der Waals surface area contributed by atoms with E-state index < -0.39 is 5.54 Å². The molecular formula is C14H15BrN2O. The van der Waals surface area contributed by atoms with Gasteiger partial charge in [0.05, 0.1) is 6.54 Å². The van der Waals surface area contributed by atoms with Crippen molar-refractivity contribution in [3.05, 3.63) is 35.9 Å². The quantitative estimate of drug-likeness (QED) is 0.773. The molecule has 0 bridgehead atoms. The van der Waals surface area contributed by atoms with Crippen molar-refractivity contribution in [1.82, 2.24) is 4.90 Å². The summed E-state index contributed by atoms with van der Waals surface area (Å²) in [5.74, 6) is 0.163. The van der Waals surface area contributed by atoms with Crippen molar-refractivity contribution < 1.29 is 4.79 Å². The second-order valence-electron chi connectivity index (χ2n) is 5.00. The summed E-state index contributed by atoms with van der Waals surface area (Å²) >= 11 is 3.44. The highest BCUT2D eigenvalue weighted by Gasteiger charge is 2.49. The molecular weight excluding hydrogens is 292 g/mol. The van der Waals surface area contributed by atoms with Crippen LogP contribution in [0.1, 0.15) is 31.2 Å². The van der Waals surface area contributed by atoms with E-state index >= 15 is 0 Å². The minimum Gasteiger partial charge on any atom is -0.285 e. The van der Waals surface area contributed by atoms with Gasteiger partial charge in [0.25, 0.3) is 5.91 Å². The Morgan fingerprint density at radius 2 is 1.89 bits per heavy atom. The first-order valence-corrected chi connectivity index (χ1v) is 7.12. The van der Waals surface area contributed by atoms with E-state index in [1.807, 2.05) is 30.3 Å². The molecule has 0 aromatic heterocycles. The minimum atomic E-state index is -0.451. The van der Waals surface area contributed by atoms with E-state index in [1.54, 1.807) is 4.90 Å². The van der Waals surface area contributed by atoms with Crippen molar-refractivity contribution in [1.29, 1.82) is 0 Å². The Morgan fingerprint density at radius 3 is 2.56 bits per heavy atom. The molecule has 0 atom stereocenters. The first kappa shape index (κ1) is 11.9. The second-order valence-corrected chi connectivity index (χ2v) is 5.71. The third-order valence-electron chi connectivity index (χ3n) is 3.79. The van der Waals surface area contributed by atoms with Gasteiger partial charge < -0.3 is 0 Å². The SMILES string of the molecule is O=C1N(Cc2ccccc2)C(Br)=NC12CCCC2. The minimum absolute atomic E-state index is 0.163. The van der Waals surface area contributed by atoms with Gasteiger partial charge in [-0.25, -0.2) is 4.99 Å². The van der Waals surface area contributed by atoms with Gasteiger partial charge in [0.1, 0.15) is 5.54 Å². The van der Waals surface area contributed by atoms with Crippen LogP contribution in [-0.2, 0) is 11.3 Å². The van der Waals surface area contributed by atoms with Crippen LogP contribution in [0.15, 0.2) is 35.3 Å². The Morgan fingerprint density at radius 1 is 1.22 bits per heavy atom. The van der Waals surface area contributed by atoms with Crippen molar-refractivity contribution in [2.24, 2.45) is 4.99 Å². The Kier molecular flexibility index (Phi) is 2.98. The Balaban J connectivity index is 1.83. The lowest BCUT2D eigenvalue weighted by Crippen LogP contribution is -2.39. The summed E-state index contributed by atoms with van der Waals surface area (Å²) in [7, 11) is 0. The molecule has 1 heterocycles. The maximum absolute atomic E-state index is 12.5. The van der Waals surface area contributed by atoms with Crippen molar-refractivity contribution in [2.75, 3.05) is 0 Å². The Hall–Kier alpha value is -1.16. The van der Waals surface area contributed by atoms with E-state index in [0.717, 1.165) is 31.2 Å². The second kappa shape index (κ2) is 4.50. The number of halogens is 1. The highest BCUT2D eigenvalue weighted by atomic mass is 79.9. The van der Waals surface area contributed by atoms with Gasteiger partial charge in [-0.1, -0.05) is 43.2 Å². The number of carbonyl (C=O) groups is 1. The molecule has 3 rings (SSSR count). The molecule has 2 aliphatic rings. The summed E-state index contributed by atoms with van der Waals surface area (Å²) in [5.41, 5.74) is 0.682. The van der Waals surface area contributed by atoms with E-state index in [2.05, 4.69) is 20.9 Å². The summed E-state index contributed by atoms with van der Waals surface area (Å²) in [4.78, 5) is 18.9. The highest BCUT2D eigenvalue weighted by Crippen LogP contribution is 2.40.